The van der Waals surface area contributed by atoms with Crippen LogP contribution in [0.25, 0.3) is 0 Å². The maximum absolute atomic E-state index is 11.9. The molecule has 0 unspecified atom stereocenters. The van der Waals surface area contributed by atoms with Crippen molar-refractivity contribution < 1.29 is 9.63 Å². The Morgan fingerprint density at radius 1 is 1.05 bits per heavy atom. The first kappa shape index (κ1) is 12.5. The number of para-hydroxylation sites is 1. The molecule has 1 saturated heterocycles. The Hall–Kier alpha value is -2.50. The zero-order valence-corrected chi connectivity index (χ0v) is 11.1. The normalized spacial score (nSPS) is 15.2. The molecule has 1 amide bonds. The van der Waals surface area contributed by atoms with Crippen LogP contribution in [0, 0.1) is 0 Å². The monoisotopic (exact) mass is 272 g/mol. The number of carbonyl (C=O) groups excluding carboxylic acids is 1. The van der Waals surface area contributed by atoms with Gasteiger partial charge in [-0.05, 0) is 18.2 Å². The van der Waals surface area contributed by atoms with E-state index in [2.05, 4.69) is 22.1 Å². The topological polar surface area (TPSA) is 50.6 Å². The van der Waals surface area contributed by atoms with Crippen LogP contribution in [0.3, 0.4) is 0 Å². The quantitative estimate of drug-likeness (QED) is 0.825. The molecule has 0 radical (unpaired) electrons. The molecule has 6 nitrogen and oxygen atoms in total. The third-order valence-corrected chi connectivity index (χ3v) is 3.31. The van der Waals surface area contributed by atoms with Crippen molar-refractivity contribution in [2.75, 3.05) is 31.1 Å². The van der Waals surface area contributed by atoms with Crippen molar-refractivity contribution in [2.45, 2.75) is 0 Å². The summed E-state index contributed by atoms with van der Waals surface area (Å²) in [7, 11) is 0. The summed E-state index contributed by atoms with van der Waals surface area (Å²) in [6.45, 7) is 2.90. The lowest BCUT2D eigenvalue weighted by Crippen LogP contribution is -2.50. The summed E-state index contributed by atoms with van der Waals surface area (Å²) in [5, 5.41) is 3.85. The molecule has 0 saturated carbocycles. The van der Waals surface area contributed by atoms with Gasteiger partial charge in [0.2, 0.25) is 0 Å². The van der Waals surface area contributed by atoms with Crippen LogP contribution >= 0.6 is 0 Å². The molecule has 1 aliphatic heterocycles. The molecule has 1 aliphatic rings. The third kappa shape index (κ3) is 2.74. The van der Waals surface area contributed by atoms with Gasteiger partial charge in [-0.3, -0.25) is 4.84 Å². The minimum atomic E-state index is -0.360. The fourth-order valence-corrected chi connectivity index (χ4v) is 2.23. The lowest BCUT2D eigenvalue weighted by Gasteiger charge is -2.35. The molecule has 2 aromatic rings. The molecule has 6 heteroatoms. The Kier molecular flexibility index (Phi) is 3.54. The summed E-state index contributed by atoms with van der Waals surface area (Å²) in [5.74, 6) is 0. The van der Waals surface area contributed by atoms with Gasteiger partial charge in [0.05, 0.1) is 12.4 Å². The number of piperazine rings is 1. The zero-order chi connectivity index (χ0) is 13.8. The van der Waals surface area contributed by atoms with Crippen molar-refractivity contribution >= 4 is 11.8 Å². The minimum absolute atomic E-state index is 0.360. The second-order valence-electron chi connectivity index (χ2n) is 4.58. The Morgan fingerprint density at radius 3 is 2.45 bits per heavy atom. The maximum atomic E-state index is 11.9. The maximum Gasteiger partial charge on any atom is 0.436 e. The first-order valence-electron chi connectivity index (χ1n) is 6.60. The van der Waals surface area contributed by atoms with Crippen LogP contribution in [0.15, 0.2) is 48.8 Å². The van der Waals surface area contributed by atoms with Crippen LogP contribution in [0.1, 0.15) is 0 Å². The van der Waals surface area contributed by atoms with Gasteiger partial charge in [0.1, 0.15) is 0 Å². The van der Waals surface area contributed by atoms with Gasteiger partial charge >= 0.3 is 6.09 Å². The van der Waals surface area contributed by atoms with E-state index < -0.39 is 0 Å². The van der Waals surface area contributed by atoms with Crippen LogP contribution in [-0.2, 0) is 0 Å². The summed E-state index contributed by atoms with van der Waals surface area (Å²) in [4.78, 5) is 22.2. The predicted molar refractivity (Wildman–Crippen MR) is 74.4 cm³/mol. The number of carbonyl (C=O) groups is 1. The summed E-state index contributed by atoms with van der Waals surface area (Å²) < 4.78 is 0. The number of nitrogens with zero attached hydrogens (tertiary/aromatic N) is 4. The number of rotatable bonds is 2. The van der Waals surface area contributed by atoms with Gasteiger partial charge < -0.3 is 9.80 Å². The van der Waals surface area contributed by atoms with Gasteiger partial charge in [0.15, 0.2) is 0 Å². The average Bonchev–Trinajstić information content (AvgIpc) is 3.01. The molecule has 0 N–H and O–H groups in total. The summed E-state index contributed by atoms with van der Waals surface area (Å²) >= 11 is 0. The van der Waals surface area contributed by atoms with E-state index >= 15 is 0 Å². The second kappa shape index (κ2) is 5.64. The van der Waals surface area contributed by atoms with Crippen molar-refractivity contribution in [2.24, 2.45) is 0 Å². The van der Waals surface area contributed by atoms with Gasteiger partial charge in [-0.1, -0.05) is 23.0 Å². The first-order chi connectivity index (χ1) is 9.83. The lowest BCUT2D eigenvalue weighted by molar-refractivity contribution is 0.0770. The number of hydrogen-bond acceptors (Lipinski definition) is 4. The minimum Gasteiger partial charge on any atom is -0.368 e. The molecule has 0 atom stereocenters. The van der Waals surface area contributed by atoms with Gasteiger partial charge in [-0.25, -0.2) is 4.79 Å². The Labute approximate surface area is 117 Å². The number of amides is 1. The van der Waals surface area contributed by atoms with E-state index in [4.69, 9.17) is 4.84 Å². The Balaban J connectivity index is 1.54. The zero-order valence-electron chi connectivity index (χ0n) is 11.1. The molecule has 1 aromatic carbocycles. The highest BCUT2D eigenvalue weighted by Crippen LogP contribution is 2.15. The molecule has 20 heavy (non-hydrogen) atoms. The molecule has 0 spiro atoms. The summed E-state index contributed by atoms with van der Waals surface area (Å²) in [6, 6.07) is 11.9. The van der Waals surface area contributed by atoms with Crippen LogP contribution < -0.4 is 9.74 Å². The SMILES string of the molecule is O=C(On1cccn1)N1CCN(c2ccccc2)CC1. The van der Waals surface area contributed by atoms with Gasteiger partial charge in [0, 0.05) is 31.9 Å². The molecule has 3 rings (SSSR count). The van der Waals surface area contributed by atoms with Crippen molar-refractivity contribution in [3.63, 3.8) is 0 Å². The van der Waals surface area contributed by atoms with E-state index in [9.17, 15) is 4.79 Å². The van der Waals surface area contributed by atoms with Gasteiger partial charge in [-0.15, -0.1) is 5.10 Å². The van der Waals surface area contributed by atoms with Crippen molar-refractivity contribution in [1.29, 1.82) is 0 Å². The van der Waals surface area contributed by atoms with E-state index in [1.165, 1.54) is 10.5 Å². The molecule has 104 valence electrons. The highest BCUT2D eigenvalue weighted by molar-refractivity contribution is 5.68. The fourth-order valence-electron chi connectivity index (χ4n) is 2.23. The van der Waals surface area contributed by atoms with E-state index in [1.54, 1.807) is 23.4 Å². The first-order valence-corrected chi connectivity index (χ1v) is 6.60. The number of benzene rings is 1. The van der Waals surface area contributed by atoms with Crippen LogP contribution in [0.2, 0.25) is 0 Å². The molecule has 0 bridgehead atoms. The summed E-state index contributed by atoms with van der Waals surface area (Å²) in [5.41, 5.74) is 1.19. The van der Waals surface area contributed by atoms with Crippen molar-refractivity contribution in [3.05, 3.63) is 48.8 Å². The largest absolute Gasteiger partial charge is 0.436 e. The number of aromatic nitrogens is 2. The highest BCUT2D eigenvalue weighted by Gasteiger charge is 2.22. The molecule has 1 fully saturated rings. The highest BCUT2D eigenvalue weighted by atomic mass is 16.7. The van der Waals surface area contributed by atoms with Crippen LogP contribution in [-0.4, -0.2) is 47.1 Å². The van der Waals surface area contributed by atoms with E-state index in [0.29, 0.717) is 13.1 Å². The molecule has 1 aromatic heterocycles. The molecular formula is C14H16N4O2. The molecular weight excluding hydrogens is 256 g/mol. The van der Waals surface area contributed by atoms with E-state index in [0.717, 1.165) is 13.1 Å². The van der Waals surface area contributed by atoms with Crippen LogP contribution in [0.5, 0.6) is 0 Å². The number of anilines is 1. The Bertz CT molecular complexity index is 548. The van der Waals surface area contributed by atoms with Gasteiger partial charge in [-0.2, -0.15) is 0 Å². The lowest BCUT2D eigenvalue weighted by atomic mass is 10.2. The number of hydrogen-bond donors (Lipinski definition) is 0. The Morgan fingerprint density at radius 2 is 1.80 bits per heavy atom. The van der Waals surface area contributed by atoms with Crippen molar-refractivity contribution in [3.8, 4) is 0 Å². The van der Waals surface area contributed by atoms with E-state index in [-0.39, 0.29) is 6.09 Å². The van der Waals surface area contributed by atoms with Gasteiger partial charge in [0.25, 0.3) is 0 Å². The second-order valence-corrected chi connectivity index (χ2v) is 4.58. The average molecular weight is 272 g/mol. The van der Waals surface area contributed by atoms with Crippen LogP contribution in [0.4, 0.5) is 10.5 Å². The standard InChI is InChI=1S/C14H16N4O2/c19-14(20-18-8-4-7-15-18)17-11-9-16(10-12-17)13-5-2-1-3-6-13/h1-8H,9-12H2. The fraction of sp³-hybridized carbons (Fsp3) is 0.286. The molecule has 0 aliphatic carbocycles. The van der Waals surface area contributed by atoms with Crippen molar-refractivity contribution in [1.82, 2.24) is 14.8 Å². The smallest absolute Gasteiger partial charge is 0.368 e. The predicted octanol–water partition coefficient (Wildman–Crippen LogP) is 1.25. The van der Waals surface area contributed by atoms with E-state index in [1.807, 2.05) is 18.2 Å². The third-order valence-electron chi connectivity index (χ3n) is 3.31. The summed E-state index contributed by atoms with van der Waals surface area (Å²) in [6.07, 6.45) is 2.81. The molecule has 2 heterocycles.